The molecule has 0 saturated carbocycles. The van der Waals surface area contributed by atoms with Gasteiger partial charge in [-0.05, 0) is 18.2 Å². The highest BCUT2D eigenvalue weighted by atomic mass is 16.6. The quantitative estimate of drug-likeness (QED) is 0.586. The Hall–Kier alpha value is -3.42. The predicted octanol–water partition coefficient (Wildman–Crippen LogP) is 2.25. The normalized spacial score (nSPS) is 10.0. The molecule has 0 saturated heterocycles. The van der Waals surface area contributed by atoms with Crippen molar-refractivity contribution in [3.8, 4) is 5.75 Å². The number of hydrogen-bond acceptors (Lipinski definition) is 5. The number of nitrogens with zero attached hydrogens (tertiary/aromatic N) is 1. The molecule has 0 aliphatic rings. The maximum absolute atomic E-state index is 12.1. The molecule has 2 rings (SSSR count). The standard InChI is InChI=1S/C14H10N2O6/c17-12-7-8(5-6-10(12)14(19)20)15-13(18)9-3-1-2-4-11(9)16(21)22/h1-7,17H,(H,15,18)(H,19,20). The number of carboxylic acids is 1. The number of benzene rings is 2. The van der Waals surface area contributed by atoms with E-state index in [9.17, 15) is 24.8 Å². The van der Waals surface area contributed by atoms with Crippen molar-refractivity contribution in [2.75, 3.05) is 5.32 Å². The van der Waals surface area contributed by atoms with E-state index in [-0.39, 0.29) is 22.5 Å². The minimum atomic E-state index is -1.31. The summed E-state index contributed by atoms with van der Waals surface area (Å²) < 4.78 is 0. The molecule has 0 heterocycles. The van der Waals surface area contributed by atoms with Crippen LogP contribution in [0.2, 0.25) is 0 Å². The number of aromatic hydroxyl groups is 1. The Morgan fingerprint density at radius 3 is 2.36 bits per heavy atom. The van der Waals surface area contributed by atoms with Gasteiger partial charge in [0.05, 0.1) is 4.92 Å². The Bertz CT molecular complexity index is 772. The van der Waals surface area contributed by atoms with Crippen molar-refractivity contribution in [3.63, 3.8) is 0 Å². The summed E-state index contributed by atoms with van der Waals surface area (Å²) in [5.74, 6) is -2.57. The third-order valence-corrected chi connectivity index (χ3v) is 2.83. The molecule has 0 fully saturated rings. The first-order chi connectivity index (χ1) is 10.4. The second-order valence-corrected chi connectivity index (χ2v) is 4.27. The largest absolute Gasteiger partial charge is 0.507 e. The second kappa shape index (κ2) is 5.92. The van der Waals surface area contributed by atoms with Gasteiger partial charge in [0.1, 0.15) is 16.9 Å². The van der Waals surface area contributed by atoms with Gasteiger partial charge < -0.3 is 15.5 Å². The number of carboxylic acid groups (broad SMARTS) is 1. The Morgan fingerprint density at radius 1 is 1.09 bits per heavy atom. The molecule has 0 spiro atoms. The van der Waals surface area contributed by atoms with Crippen LogP contribution in [-0.4, -0.2) is 27.0 Å². The minimum Gasteiger partial charge on any atom is -0.507 e. The van der Waals surface area contributed by atoms with E-state index in [1.165, 1.54) is 30.3 Å². The summed E-state index contributed by atoms with van der Waals surface area (Å²) in [6.07, 6.45) is 0. The van der Waals surface area contributed by atoms with Gasteiger partial charge in [0.2, 0.25) is 0 Å². The number of nitro benzene ring substituents is 1. The molecule has 0 aliphatic carbocycles. The van der Waals surface area contributed by atoms with Crippen molar-refractivity contribution in [1.82, 2.24) is 0 Å². The van der Waals surface area contributed by atoms with Crippen molar-refractivity contribution >= 4 is 23.3 Å². The summed E-state index contributed by atoms with van der Waals surface area (Å²) in [5.41, 5.74) is -0.699. The van der Waals surface area contributed by atoms with Gasteiger partial charge in [0, 0.05) is 17.8 Å². The van der Waals surface area contributed by atoms with Crippen LogP contribution in [0.4, 0.5) is 11.4 Å². The number of anilines is 1. The molecule has 0 unspecified atom stereocenters. The molecule has 0 aliphatic heterocycles. The fourth-order valence-corrected chi connectivity index (χ4v) is 1.81. The highest BCUT2D eigenvalue weighted by Crippen LogP contribution is 2.24. The Kier molecular flexibility index (Phi) is 4.03. The van der Waals surface area contributed by atoms with Crippen molar-refractivity contribution < 1.29 is 24.7 Å². The Labute approximate surface area is 123 Å². The van der Waals surface area contributed by atoms with E-state index < -0.39 is 22.5 Å². The third-order valence-electron chi connectivity index (χ3n) is 2.83. The summed E-state index contributed by atoms with van der Waals surface area (Å²) in [6.45, 7) is 0. The lowest BCUT2D eigenvalue weighted by Gasteiger charge is -2.07. The van der Waals surface area contributed by atoms with E-state index in [1.54, 1.807) is 0 Å². The van der Waals surface area contributed by atoms with E-state index in [0.717, 1.165) is 12.1 Å². The molecule has 0 bridgehead atoms. The van der Waals surface area contributed by atoms with Gasteiger partial charge >= 0.3 is 5.97 Å². The molecule has 2 aromatic rings. The highest BCUT2D eigenvalue weighted by Gasteiger charge is 2.19. The van der Waals surface area contributed by atoms with Gasteiger partial charge in [-0.1, -0.05) is 12.1 Å². The molecule has 1 amide bonds. The van der Waals surface area contributed by atoms with E-state index in [1.807, 2.05) is 0 Å². The van der Waals surface area contributed by atoms with Gasteiger partial charge in [0.15, 0.2) is 0 Å². The first-order valence-corrected chi connectivity index (χ1v) is 6.01. The van der Waals surface area contributed by atoms with E-state index >= 15 is 0 Å². The van der Waals surface area contributed by atoms with Crippen molar-refractivity contribution in [2.24, 2.45) is 0 Å². The van der Waals surface area contributed by atoms with Crippen LogP contribution in [0.25, 0.3) is 0 Å². The first kappa shape index (κ1) is 15.0. The van der Waals surface area contributed by atoms with E-state index in [2.05, 4.69) is 5.32 Å². The smallest absolute Gasteiger partial charge is 0.339 e. The summed E-state index contributed by atoms with van der Waals surface area (Å²) >= 11 is 0. The average molecular weight is 302 g/mol. The number of carbonyl (C=O) groups excluding carboxylic acids is 1. The molecular weight excluding hydrogens is 292 g/mol. The highest BCUT2D eigenvalue weighted by molar-refractivity contribution is 6.07. The maximum Gasteiger partial charge on any atom is 0.339 e. The van der Waals surface area contributed by atoms with Crippen molar-refractivity contribution in [1.29, 1.82) is 0 Å². The fourth-order valence-electron chi connectivity index (χ4n) is 1.81. The average Bonchev–Trinajstić information content (AvgIpc) is 2.46. The molecule has 2 aromatic carbocycles. The van der Waals surface area contributed by atoms with Crippen molar-refractivity contribution in [2.45, 2.75) is 0 Å². The SMILES string of the molecule is O=C(O)c1ccc(NC(=O)c2ccccc2[N+](=O)[O-])cc1O. The zero-order chi connectivity index (χ0) is 16.3. The lowest BCUT2D eigenvalue weighted by atomic mass is 10.1. The first-order valence-electron chi connectivity index (χ1n) is 6.01. The van der Waals surface area contributed by atoms with Crippen LogP contribution in [0.1, 0.15) is 20.7 Å². The number of nitro groups is 1. The molecule has 3 N–H and O–H groups in total. The van der Waals surface area contributed by atoms with Gasteiger partial charge in [-0.25, -0.2) is 4.79 Å². The number of phenols is 1. The number of amides is 1. The Morgan fingerprint density at radius 2 is 1.77 bits per heavy atom. The molecule has 22 heavy (non-hydrogen) atoms. The van der Waals surface area contributed by atoms with Crippen LogP contribution in [0.15, 0.2) is 42.5 Å². The van der Waals surface area contributed by atoms with Crippen LogP contribution in [0.3, 0.4) is 0 Å². The minimum absolute atomic E-state index is 0.116. The molecule has 0 radical (unpaired) electrons. The number of hydrogen-bond donors (Lipinski definition) is 3. The van der Waals surface area contributed by atoms with E-state index in [4.69, 9.17) is 5.11 Å². The molecule has 8 nitrogen and oxygen atoms in total. The van der Waals surface area contributed by atoms with Gasteiger partial charge in [-0.15, -0.1) is 0 Å². The zero-order valence-electron chi connectivity index (χ0n) is 11.0. The monoisotopic (exact) mass is 302 g/mol. The number of rotatable bonds is 4. The number of para-hydroxylation sites is 1. The molecular formula is C14H10N2O6. The second-order valence-electron chi connectivity index (χ2n) is 4.27. The van der Waals surface area contributed by atoms with Gasteiger partial charge in [-0.3, -0.25) is 14.9 Å². The molecule has 0 aromatic heterocycles. The predicted molar refractivity (Wildman–Crippen MR) is 76.1 cm³/mol. The number of carbonyl (C=O) groups is 2. The third kappa shape index (κ3) is 3.01. The summed E-state index contributed by atoms with van der Waals surface area (Å²) in [6, 6.07) is 8.84. The number of aromatic carboxylic acids is 1. The van der Waals surface area contributed by atoms with Crippen molar-refractivity contribution in [3.05, 3.63) is 63.7 Å². The van der Waals surface area contributed by atoms with Crippen LogP contribution in [-0.2, 0) is 0 Å². The zero-order valence-corrected chi connectivity index (χ0v) is 11.0. The topological polar surface area (TPSA) is 130 Å². The summed E-state index contributed by atoms with van der Waals surface area (Å²) in [4.78, 5) is 33.0. The van der Waals surface area contributed by atoms with E-state index in [0.29, 0.717) is 0 Å². The van der Waals surface area contributed by atoms with Gasteiger partial charge in [-0.2, -0.15) is 0 Å². The fraction of sp³-hybridized carbons (Fsp3) is 0. The maximum atomic E-state index is 12.1. The van der Waals surface area contributed by atoms with Crippen LogP contribution in [0.5, 0.6) is 5.75 Å². The molecule has 8 heteroatoms. The van der Waals surface area contributed by atoms with Crippen LogP contribution < -0.4 is 5.32 Å². The summed E-state index contributed by atoms with van der Waals surface area (Å²) in [5, 5.41) is 31.6. The molecule has 0 atom stereocenters. The lowest BCUT2D eigenvalue weighted by Crippen LogP contribution is -2.14. The van der Waals surface area contributed by atoms with Gasteiger partial charge in [0.25, 0.3) is 11.6 Å². The molecule has 112 valence electrons. The Balaban J connectivity index is 2.28. The van der Waals surface area contributed by atoms with Crippen LogP contribution in [0, 0.1) is 10.1 Å². The lowest BCUT2D eigenvalue weighted by molar-refractivity contribution is -0.385. The summed E-state index contributed by atoms with van der Waals surface area (Å²) in [7, 11) is 0. The van der Waals surface area contributed by atoms with Crippen LogP contribution >= 0.6 is 0 Å². The number of nitrogens with one attached hydrogen (secondary N) is 1.